The Kier molecular flexibility index (Phi) is 9.55. The fraction of sp³-hybridized carbons (Fsp3) is 0.459. The van der Waals surface area contributed by atoms with Crippen LogP contribution in [-0.4, -0.2) is 92.3 Å². The first-order chi connectivity index (χ1) is 22.9. The summed E-state index contributed by atoms with van der Waals surface area (Å²) in [6.07, 6.45) is 0.421. The maximum absolute atomic E-state index is 13.3. The molecule has 3 aliphatic heterocycles. The van der Waals surface area contributed by atoms with E-state index in [1.54, 1.807) is 12.0 Å². The fourth-order valence-corrected chi connectivity index (χ4v) is 6.08. The van der Waals surface area contributed by atoms with Gasteiger partial charge in [0.15, 0.2) is 17.3 Å². The largest absolute Gasteiger partial charge is 0.493 e. The number of hydrogen-bond donors (Lipinski definition) is 2. The van der Waals surface area contributed by atoms with Gasteiger partial charge in [0.05, 0.1) is 36.3 Å². The van der Waals surface area contributed by atoms with E-state index in [-0.39, 0.29) is 18.1 Å². The first kappa shape index (κ1) is 33.6. The highest BCUT2D eigenvalue weighted by atomic mass is 16.7. The van der Waals surface area contributed by atoms with Gasteiger partial charge in [-0.2, -0.15) is 0 Å². The molecular weight excluding hydrogens is 612 g/mol. The molecule has 2 fully saturated rings. The molecule has 3 aliphatic rings. The Hall–Kier alpha value is -4.32. The monoisotopic (exact) mass is 658 g/mol. The summed E-state index contributed by atoms with van der Waals surface area (Å²) < 4.78 is 28.7. The summed E-state index contributed by atoms with van der Waals surface area (Å²) in [5.41, 5.74) is 5.35. The molecule has 256 valence electrons. The van der Waals surface area contributed by atoms with Crippen molar-refractivity contribution in [3.05, 3.63) is 65.7 Å². The highest BCUT2D eigenvalue weighted by molar-refractivity contribution is 6.12. The highest BCUT2D eigenvalue weighted by Crippen LogP contribution is 2.38. The number of carbonyl (C=O) groups is 2. The number of nitrogens with zero attached hydrogens (tertiary/aromatic N) is 2. The number of fused-ring (bicyclic) bond motifs is 2. The van der Waals surface area contributed by atoms with Crippen LogP contribution in [0.1, 0.15) is 50.5 Å². The average molecular weight is 659 g/mol. The van der Waals surface area contributed by atoms with Gasteiger partial charge in [-0.25, -0.2) is 4.79 Å². The van der Waals surface area contributed by atoms with Crippen LogP contribution in [0.15, 0.2) is 54.6 Å². The SMILES string of the molecule is COc1cc(-c2ccc3c(c2)Nc2ccc(CCN4CCN(C(=O)OC(C)(C)C)CC4)cc2NC3=O)ccc1OCC1COC(C)(C)O1. The van der Waals surface area contributed by atoms with E-state index in [9.17, 15) is 9.59 Å². The summed E-state index contributed by atoms with van der Waals surface area (Å²) in [7, 11) is 1.62. The molecule has 2 saturated heterocycles. The van der Waals surface area contributed by atoms with E-state index in [4.69, 9.17) is 23.7 Å². The molecule has 0 radical (unpaired) electrons. The zero-order valence-corrected chi connectivity index (χ0v) is 28.7. The minimum absolute atomic E-state index is 0.154. The number of ether oxygens (including phenoxy) is 5. The topological polar surface area (TPSA) is 111 Å². The molecule has 2 amide bonds. The normalized spacial score (nSPS) is 19.0. The molecule has 0 saturated carbocycles. The highest BCUT2D eigenvalue weighted by Gasteiger charge is 2.33. The molecule has 48 heavy (non-hydrogen) atoms. The lowest BCUT2D eigenvalue weighted by molar-refractivity contribution is -0.141. The van der Waals surface area contributed by atoms with Crippen molar-refractivity contribution in [3.8, 4) is 22.6 Å². The summed E-state index contributed by atoms with van der Waals surface area (Å²) in [6, 6.07) is 17.7. The quantitative estimate of drug-likeness (QED) is 0.288. The number of piperazine rings is 1. The Bertz CT molecular complexity index is 1660. The van der Waals surface area contributed by atoms with Crippen LogP contribution in [-0.2, 0) is 20.6 Å². The van der Waals surface area contributed by atoms with Crippen molar-refractivity contribution in [2.45, 2.75) is 58.5 Å². The standard InChI is InChI=1S/C37H46N4O7/c1-36(2,3)48-35(43)41-17-15-40(16-18-41)14-13-24-7-11-29-31(19-24)39-34(42)28-10-8-25(20-30(28)38-29)26-9-12-32(33(21-26)44-6)45-22-27-23-46-37(4,5)47-27/h7-12,19-21,27,38H,13-18,22-23H2,1-6H3,(H,39,42). The third-order valence-corrected chi connectivity index (χ3v) is 8.60. The summed E-state index contributed by atoms with van der Waals surface area (Å²) in [6.45, 7) is 14.0. The minimum Gasteiger partial charge on any atom is -0.493 e. The van der Waals surface area contributed by atoms with Gasteiger partial charge in [0.1, 0.15) is 18.3 Å². The van der Waals surface area contributed by atoms with Gasteiger partial charge >= 0.3 is 6.09 Å². The zero-order chi connectivity index (χ0) is 34.1. The summed E-state index contributed by atoms with van der Waals surface area (Å²) in [5.74, 6) is 0.453. The predicted octanol–water partition coefficient (Wildman–Crippen LogP) is 6.30. The molecule has 0 bridgehead atoms. The van der Waals surface area contributed by atoms with Crippen molar-refractivity contribution in [3.63, 3.8) is 0 Å². The van der Waals surface area contributed by atoms with Crippen molar-refractivity contribution in [1.29, 1.82) is 0 Å². The van der Waals surface area contributed by atoms with E-state index in [0.29, 0.717) is 43.4 Å². The molecule has 3 aromatic rings. The first-order valence-electron chi connectivity index (χ1n) is 16.5. The maximum atomic E-state index is 13.3. The summed E-state index contributed by atoms with van der Waals surface area (Å²) in [4.78, 5) is 29.9. The first-order valence-corrected chi connectivity index (χ1v) is 16.5. The summed E-state index contributed by atoms with van der Waals surface area (Å²) >= 11 is 0. The van der Waals surface area contributed by atoms with Gasteiger partial charge in [-0.3, -0.25) is 9.69 Å². The molecule has 3 aromatic carbocycles. The molecule has 11 heteroatoms. The summed E-state index contributed by atoms with van der Waals surface area (Å²) in [5, 5.41) is 6.57. The molecule has 0 spiro atoms. The second-order valence-corrected chi connectivity index (χ2v) is 13.9. The number of benzene rings is 3. The fourth-order valence-electron chi connectivity index (χ4n) is 6.08. The Morgan fingerprint density at radius 3 is 2.38 bits per heavy atom. The molecule has 11 nitrogen and oxygen atoms in total. The van der Waals surface area contributed by atoms with Gasteiger partial charge in [0, 0.05) is 32.7 Å². The van der Waals surface area contributed by atoms with E-state index >= 15 is 0 Å². The van der Waals surface area contributed by atoms with Gasteiger partial charge in [-0.1, -0.05) is 18.2 Å². The van der Waals surface area contributed by atoms with Crippen molar-refractivity contribution >= 4 is 29.1 Å². The lowest BCUT2D eigenvalue weighted by Crippen LogP contribution is -2.50. The van der Waals surface area contributed by atoms with Gasteiger partial charge in [-0.05, 0) is 94.1 Å². The lowest BCUT2D eigenvalue weighted by Gasteiger charge is -2.35. The molecule has 0 aromatic heterocycles. The van der Waals surface area contributed by atoms with Crippen LogP contribution in [0, 0.1) is 0 Å². The molecular formula is C37H46N4O7. The Labute approximate surface area is 282 Å². The maximum Gasteiger partial charge on any atom is 0.410 e. The number of anilines is 3. The van der Waals surface area contributed by atoms with Crippen LogP contribution in [0.25, 0.3) is 11.1 Å². The second-order valence-electron chi connectivity index (χ2n) is 13.9. The van der Waals surface area contributed by atoms with E-state index in [1.165, 1.54) is 0 Å². The third-order valence-electron chi connectivity index (χ3n) is 8.60. The Balaban J connectivity index is 1.09. The van der Waals surface area contributed by atoms with Crippen LogP contribution in [0.3, 0.4) is 0 Å². The van der Waals surface area contributed by atoms with E-state index in [2.05, 4.69) is 21.6 Å². The Morgan fingerprint density at radius 2 is 1.67 bits per heavy atom. The minimum atomic E-state index is -0.607. The smallest absolute Gasteiger partial charge is 0.410 e. The van der Waals surface area contributed by atoms with Crippen molar-refractivity contribution in [2.75, 3.05) is 63.7 Å². The van der Waals surface area contributed by atoms with Gasteiger partial charge in [0.25, 0.3) is 5.91 Å². The average Bonchev–Trinajstić information content (AvgIpc) is 3.33. The van der Waals surface area contributed by atoms with Gasteiger partial charge in [0.2, 0.25) is 0 Å². The van der Waals surface area contributed by atoms with Crippen LogP contribution >= 0.6 is 0 Å². The van der Waals surface area contributed by atoms with E-state index < -0.39 is 11.4 Å². The van der Waals surface area contributed by atoms with E-state index in [0.717, 1.165) is 59.8 Å². The zero-order valence-electron chi connectivity index (χ0n) is 28.7. The number of rotatable bonds is 8. The number of methoxy groups -OCH3 is 1. The second kappa shape index (κ2) is 13.7. The molecule has 1 unspecified atom stereocenters. The molecule has 1 atom stereocenters. The van der Waals surface area contributed by atoms with Crippen molar-refractivity contribution in [1.82, 2.24) is 9.80 Å². The number of nitrogens with one attached hydrogen (secondary N) is 2. The lowest BCUT2D eigenvalue weighted by atomic mass is 10.0. The molecule has 2 N–H and O–H groups in total. The third kappa shape index (κ3) is 8.03. The Morgan fingerprint density at radius 1 is 0.917 bits per heavy atom. The van der Waals surface area contributed by atoms with Crippen LogP contribution < -0.4 is 20.1 Å². The van der Waals surface area contributed by atoms with Gasteiger partial charge in [-0.15, -0.1) is 0 Å². The van der Waals surface area contributed by atoms with E-state index in [1.807, 2.05) is 83.1 Å². The number of hydrogen-bond acceptors (Lipinski definition) is 9. The van der Waals surface area contributed by atoms with Crippen molar-refractivity contribution in [2.24, 2.45) is 0 Å². The number of carbonyl (C=O) groups excluding carboxylic acids is 2. The molecule has 0 aliphatic carbocycles. The molecule has 6 rings (SSSR count). The van der Waals surface area contributed by atoms with Crippen LogP contribution in [0.2, 0.25) is 0 Å². The molecule has 3 heterocycles. The number of amides is 2. The predicted molar refractivity (Wildman–Crippen MR) is 184 cm³/mol. The van der Waals surface area contributed by atoms with Gasteiger partial charge < -0.3 is 39.2 Å². The van der Waals surface area contributed by atoms with Crippen LogP contribution in [0.4, 0.5) is 21.9 Å². The van der Waals surface area contributed by atoms with Crippen molar-refractivity contribution < 1.29 is 33.3 Å². The van der Waals surface area contributed by atoms with Crippen LogP contribution in [0.5, 0.6) is 11.5 Å².